The molecule has 1 heterocycles. The fourth-order valence-corrected chi connectivity index (χ4v) is 2.21. The van der Waals surface area contributed by atoms with E-state index in [-0.39, 0.29) is 11.7 Å². The number of carbonyl (C=O) groups is 3. The van der Waals surface area contributed by atoms with Gasteiger partial charge in [0.05, 0.1) is 0 Å². The van der Waals surface area contributed by atoms with E-state index in [4.69, 9.17) is 9.47 Å². The van der Waals surface area contributed by atoms with Crippen molar-refractivity contribution in [2.75, 3.05) is 5.32 Å². The van der Waals surface area contributed by atoms with Crippen LogP contribution in [0.4, 0.5) is 5.69 Å². The molecule has 8 nitrogen and oxygen atoms in total. The maximum absolute atomic E-state index is 11.7. The van der Waals surface area contributed by atoms with Gasteiger partial charge in [-0.05, 0) is 30.3 Å². The van der Waals surface area contributed by atoms with E-state index in [1.165, 1.54) is 33.2 Å². The highest BCUT2D eigenvalue weighted by molar-refractivity contribution is 5.88. The van der Waals surface area contributed by atoms with E-state index < -0.39 is 17.7 Å². The van der Waals surface area contributed by atoms with Crippen LogP contribution in [0.2, 0.25) is 0 Å². The minimum Gasteiger partial charge on any atom is -0.411 e. The summed E-state index contributed by atoms with van der Waals surface area (Å²) in [6, 6.07) is 7.85. The zero-order valence-electron chi connectivity index (χ0n) is 14.0. The third-order valence-corrected chi connectivity index (χ3v) is 3.02. The lowest BCUT2D eigenvalue weighted by Gasteiger charge is -2.30. The van der Waals surface area contributed by atoms with Crippen LogP contribution in [0, 0.1) is 0 Å². The van der Waals surface area contributed by atoms with Crippen LogP contribution in [0.1, 0.15) is 32.2 Å². The highest BCUT2D eigenvalue weighted by Gasteiger charge is 2.44. The van der Waals surface area contributed by atoms with Gasteiger partial charge in [0, 0.05) is 44.4 Å². The Morgan fingerprint density at radius 1 is 0.920 bits per heavy atom. The molecule has 1 amide bonds. The van der Waals surface area contributed by atoms with Crippen LogP contribution < -0.4 is 5.32 Å². The normalized spacial score (nSPS) is 10.7. The molecule has 25 heavy (non-hydrogen) atoms. The second-order valence-electron chi connectivity index (χ2n) is 5.13. The monoisotopic (exact) mass is 343 g/mol. The van der Waals surface area contributed by atoms with Crippen LogP contribution in [0.5, 0.6) is 0 Å². The van der Waals surface area contributed by atoms with Crippen molar-refractivity contribution >= 4 is 23.5 Å². The largest absolute Gasteiger partial charge is 0.411 e. The molecule has 2 aromatic rings. The third kappa shape index (κ3) is 4.37. The molecule has 8 heteroatoms. The van der Waals surface area contributed by atoms with Gasteiger partial charge in [0.1, 0.15) is 0 Å². The molecule has 0 atom stereocenters. The smallest absolute Gasteiger partial charge is 0.345 e. The number of hydrogen-bond donors (Lipinski definition) is 1. The van der Waals surface area contributed by atoms with Crippen molar-refractivity contribution in [2.24, 2.45) is 0 Å². The molecule has 0 aliphatic rings. The number of carbonyl (C=O) groups excluding carboxylic acids is 3. The zero-order valence-corrected chi connectivity index (χ0v) is 14.0. The van der Waals surface area contributed by atoms with Crippen molar-refractivity contribution in [3.8, 4) is 0 Å². The third-order valence-electron chi connectivity index (χ3n) is 3.02. The summed E-state index contributed by atoms with van der Waals surface area (Å²) in [5, 5.41) is 2.62. The van der Waals surface area contributed by atoms with Gasteiger partial charge in [-0.1, -0.05) is 0 Å². The first-order valence-corrected chi connectivity index (χ1v) is 7.38. The van der Waals surface area contributed by atoms with Crippen LogP contribution in [0.15, 0.2) is 42.7 Å². The van der Waals surface area contributed by atoms with Gasteiger partial charge in [-0.2, -0.15) is 0 Å². The average molecular weight is 343 g/mol. The molecule has 0 aliphatic heterocycles. The summed E-state index contributed by atoms with van der Waals surface area (Å²) in [7, 11) is 0. The molecule has 0 fully saturated rings. The highest BCUT2D eigenvalue weighted by Crippen LogP contribution is 2.34. The van der Waals surface area contributed by atoms with Gasteiger partial charge in [0.2, 0.25) is 11.7 Å². The average Bonchev–Trinajstić information content (AvgIpc) is 2.54. The molecule has 1 aromatic carbocycles. The van der Waals surface area contributed by atoms with Crippen LogP contribution in [0.3, 0.4) is 0 Å². The van der Waals surface area contributed by atoms with Crippen molar-refractivity contribution in [1.29, 1.82) is 0 Å². The molecule has 0 saturated heterocycles. The molecular formula is C17H17N3O5. The van der Waals surface area contributed by atoms with Crippen LogP contribution >= 0.6 is 0 Å². The second kappa shape index (κ2) is 7.52. The predicted molar refractivity (Wildman–Crippen MR) is 87.1 cm³/mol. The number of amides is 1. The Bertz CT molecular complexity index is 759. The van der Waals surface area contributed by atoms with Gasteiger partial charge in [-0.15, -0.1) is 0 Å². The Labute approximate surface area is 144 Å². The molecule has 0 bridgehead atoms. The fourth-order valence-electron chi connectivity index (χ4n) is 2.21. The molecule has 0 aliphatic carbocycles. The SMILES string of the molecule is CC(=O)Nc1ccc(C(OC(C)=O)(OC(C)=O)c2ncccn2)cc1. The minimum absolute atomic E-state index is 0.00678. The van der Waals surface area contributed by atoms with Gasteiger partial charge in [-0.3, -0.25) is 14.4 Å². The predicted octanol–water partition coefficient (Wildman–Crippen LogP) is 1.76. The second-order valence-corrected chi connectivity index (χ2v) is 5.13. The Kier molecular flexibility index (Phi) is 5.43. The molecular weight excluding hydrogens is 326 g/mol. The van der Waals surface area contributed by atoms with Crippen molar-refractivity contribution in [3.05, 3.63) is 54.1 Å². The van der Waals surface area contributed by atoms with Gasteiger partial charge < -0.3 is 14.8 Å². The number of aromatic nitrogens is 2. The quantitative estimate of drug-likeness (QED) is 0.651. The number of benzene rings is 1. The summed E-state index contributed by atoms with van der Waals surface area (Å²) in [6.45, 7) is 3.76. The first-order chi connectivity index (χ1) is 11.8. The number of nitrogens with one attached hydrogen (secondary N) is 1. The summed E-state index contributed by atoms with van der Waals surface area (Å²) >= 11 is 0. The number of hydrogen-bond acceptors (Lipinski definition) is 7. The summed E-state index contributed by atoms with van der Waals surface area (Å²) < 4.78 is 10.7. The molecule has 1 N–H and O–H groups in total. The topological polar surface area (TPSA) is 107 Å². The lowest BCUT2D eigenvalue weighted by Crippen LogP contribution is -2.39. The number of ether oxygens (including phenoxy) is 2. The lowest BCUT2D eigenvalue weighted by atomic mass is 10.0. The molecule has 1 aromatic heterocycles. The van der Waals surface area contributed by atoms with E-state index in [9.17, 15) is 14.4 Å². The van der Waals surface area contributed by atoms with E-state index in [1.54, 1.807) is 30.3 Å². The van der Waals surface area contributed by atoms with E-state index in [0.29, 0.717) is 11.3 Å². The van der Waals surface area contributed by atoms with E-state index >= 15 is 0 Å². The van der Waals surface area contributed by atoms with E-state index in [0.717, 1.165) is 0 Å². The standard InChI is InChI=1S/C17H17N3O5/c1-11(21)20-15-7-5-14(6-8-15)17(24-12(2)22,25-13(3)23)16-18-9-4-10-19-16/h4-10H,1-3H3,(H,20,21). The van der Waals surface area contributed by atoms with E-state index in [1.807, 2.05) is 0 Å². The summed E-state index contributed by atoms with van der Waals surface area (Å²) in [4.78, 5) is 42.6. The molecule has 0 radical (unpaired) electrons. The Balaban J connectivity index is 2.58. The number of anilines is 1. The van der Waals surface area contributed by atoms with Crippen molar-refractivity contribution in [3.63, 3.8) is 0 Å². The number of rotatable bonds is 5. The molecule has 130 valence electrons. The van der Waals surface area contributed by atoms with E-state index in [2.05, 4.69) is 15.3 Å². The Hall–Kier alpha value is -3.29. The van der Waals surface area contributed by atoms with Gasteiger partial charge >= 0.3 is 17.7 Å². The fraction of sp³-hybridized carbons (Fsp3) is 0.235. The van der Waals surface area contributed by atoms with Gasteiger partial charge in [0.15, 0.2) is 0 Å². The molecule has 0 unspecified atom stereocenters. The minimum atomic E-state index is -1.92. The molecule has 0 spiro atoms. The first kappa shape index (κ1) is 18.1. The summed E-state index contributed by atoms with van der Waals surface area (Å²) in [5.74, 6) is -3.52. The zero-order chi connectivity index (χ0) is 18.4. The molecule has 2 rings (SSSR count). The van der Waals surface area contributed by atoms with Crippen molar-refractivity contribution in [2.45, 2.75) is 26.6 Å². The van der Waals surface area contributed by atoms with Gasteiger partial charge in [-0.25, -0.2) is 9.97 Å². The maximum atomic E-state index is 11.7. The van der Waals surface area contributed by atoms with Crippen LogP contribution in [0.25, 0.3) is 0 Å². The van der Waals surface area contributed by atoms with Crippen molar-refractivity contribution in [1.82, 2.24) is 9.97 Å². The van der Waals surface area contributed by atoms with Crippen LogP contribution in [-0.2, 0) is 29.6 Å². The van der Waals surface area contributed by atoms with Gasteiger partial charge in [0.25, 0.3) is 0 Å². The number of nitrogens with zero attached hydrogens (tertiary/aromatic N) is 2. The molecule has 0 saturated carbocycles. The maximum Gasteiger partial charge on any atom is 0.345 e. The number of esters is 2. The Morgan fingerprint density at radius 2 is 1.44 bits per heavy atom. The van der Waals surface area contributed by atoms with Crippen LogP contribution in [-0.4, -0.2) is 27.8 Å². The summed E-state index contributed by atoms with van der Waals surface area (Å²) in [5.41, 5.74) is 0.850. The Morgan fingerprint density at radius 3 is 1.88 bits per heavy atom. The highest BCUT2D eigenvalue weighted by atomic mass is 16.7. The first-order valence-electron chi connectivity index (χ1n) is 7.38. The summed E-state index contributed by atoms with van der Waals surface area (Å²) in [6.07, 6.45) is 2.88. The van der Waals surface area contributed by atoms with Crippen molar-refractivity contribution < 1.29 is 23.9 Å². The lowest BCUT2D eigenvalue weighted by molar-refractivity contribution is -0.218.